The lowest BCUT2D eigenvalue weighted by molar-refractivity contribution is -0.00779. The molecule has 6 nitrogen and oxygen atoms in total. The minimum atomic E-state index is 0.0409. The summed E-state index contributed by atoms with van der Waals surface area (Å²) >= 11 is 0. The second-order valence-corrected chi connectivity index (χ2v) is 7.66. The van der Waals surface area contributed by atoms with Crippen molar-refractivity contribution in [2.24, 2.45) is 5.92 Å². The van der Waals surface area contributed by atoms with Crippen LogP contribution in [0, 0.1) is 5.92 Å². The molecule has 0 unspecified atom stereocenters. The Morgan fingerprint density at radius 3 is 1.73 bits per heavy atom. The van der Waals surface area contributed by atoms with E-state index in [1.165, 1.54) is 31.2 Å². The normalized spacial score (nSPS) is 11.3. The zero-order valence-electron chi connectivity index (χ0n) is 19.0. The molecule has 30 heavy (non-hydrogen) atoms. The molecule has 0 heterocycles. The fraction of sp³-hybridized carbons (Fsp3) is 0.750. The lowest BCUT2D eigenvalue weighted by atomic mass is 10.0. The average Bonchev–Trinajstić information content (AvgIpc) is 2.74. The van der Waals surface area contributed by atoms with Gasteiger partial charge in [0.1, 0.15) is 12.4 Å². The van der Waals surface area contributed by atoms with E-state index in [4.69, 9.17) is 28.8 Å². The Morgan fingerprint density at radius 2 is 1.20 bits per heavy atom. The van der Waals surface area contributed by atoms with Gasteiger partial charge in [0.2, 0.25) is 0 Å². The van der Waals surface area contributed by atoms with E-state index in [9.17, 15) is 0 Å². The smallest absolute Gasteiger partial charge is 0.119 e. The van der Waals surface area contributed by atoms with E-state index in [0.29, 0.717) is 59.5 Å². The first-order valence-corrected chi connectivity index (χ1v) is 11.4. The zero-order chi connectivity index (χ0) is 21.7. The summed E-state index contributed by atoms with van der Waals surface area (Å²) in [5.74, 6) is 1.70. The third-order valence-electron chi connectivity index (χ3n) is 4.52. The molecule has 0 aliphatic carbocycles. The predicted octanol–water partition coefficient (Wildman–Crippen LogP) is 3.88. The molecule has 174 valence electrons. The number of benzene rings is 1. The van der Waals surface area contributed by atoms with Gasteiger partial charge in [0.15, 0.2) is 0 Å². The lowest BCUT2D eigenvalue weighted by Crippen LogP contribution is -2.14. The lowest BCUT2D eigenvalue weighted by Gasteiger charge is -2.09. The maximum Gasteiger partial charge on any atom is 0.119 e. The van der Waals surface area contributed by atoms with Gasteiger partial charge in [0, 0.05) is 0 Å². The fourth-order valence-corrected chi connectivity index (χ4v) is 2.86. The summed E-state index contributed by atoms with van der Waals surface area (Å²) in [6.07, 6.45) is 6.38. The highest BCUT2D eigenvalue weighted by atomic mass is 16.6. The Hall–Kier alpha value is -1.18. The molecule has 0 bridgehead atoms. The van der Waals surface area contributed by atoms with Crippen LogP contribution in [0.3, 0.4) is 0 Å². The molecule has 0 fully saturated rings. The summed E-state index contributed by atoms with van der Waals surface area (Å²) in [6, 6.07) is 8.41. The molecular weight excluding hydrogens is 384 g/mol. The minimum Gasteiger partial charge on any atom is -0.491 e. The molecule has 6 heteroatoms. The highest BCUT2D eigenvalue weighted by Gasteiger charge is 1.99. The number of aliphatic hydroxyl groups excluding tert-OH is 1. The number of hydrogen-bond donors (Lipinski definition) is 1. The van der Waals surface area contributed by atoms with Gasteiger partial charge in [-0.2, -0.15) is 0 Å². The molecule has 0 atom stereocenters. The number of aryl methyl sites for hydroxylation is 1. The van der Waals surface area contributed by atoms with Crippen molar-refractivity contribution in [2.75, 3.05) is 66.1 Å². The minimum absolute atomic E-state index is 0.0409. The molecule has 0 amide bonds. The Labute approximate surface area is 182 Å². The van der Waals surface area contributed by atoms with Crippen molar-refractivity contribution >= 4 is 0 Å². The van der Waals surface area contributed by atoms with Crippen LogP contribution in [-0.4, -0.2) is 71.2 Å². The Kier molecular flexibility index (Phi) is 17.7. The van der Waals surface area contributed by atoms with Crippen molar-refractivity contribution in [2.45, 2.75) is 46.0 Å². The molecule has 1 N–H and O–H groups in total. The number of unbranched alkanes of at least 4 members (excludes halogenated alkanes) is 2. The van der Waals surface area contributed by atoms with E-state index in [0.717, 1.165) is 18.1 Å². The van der Waals surface area contributed by atoms with Gasteiger partial charge in [0.05, 0.1) is 59.5 Å². The molecule has 0 aliphatic rings. The maximum absolute atomic E-state index is 8.56. The van der Waals surface area contributed by atoms with E-state index in [1.54, 1.807) is 0 Å². The number of ether oxygens (including phenoxy) is 5. The van der Waals surface area contributed by atoms with Crippen molar-refractivity contribution in [3.63, 3.8) is 0 Å². The summed E-state index contributed by atoms with van der Waals surface area (Å²) < 4.78 is 27.1. The van der Waals surface area contributed by atoms with Crippen LogP contribution in [0.5, 0.6) is 5.75 Å². The maximum atomic E-state index is 8.56. The third-order valence-corrected chi connectivity index (χ3v) is 4.52. The van der Waals surface area contributed by atoms with Crippen molar-refractivity contribution in [1.29, 1.82) is 0 Å². The van der Waals surface area contributed by atoms with Gasteiger partial charge in [-0.1, -0.05) is 45.2 Å². The SMILES string of the molecule is CC(C)CCCCCc1ccc(OCCOCCOCCOCCOCCO)cc1. The second kappa shape index (κ2) is 19.8. The predicted molar refractivity (Wildman–Crippen MR) is 119 cm³/mol. The molecule has 0 spiro atoms. The van der Waals surface area contributed by atoms with Crippen LogP contribution < -0.4 is 4.74 Å². The average molecular weight is 427 g/mol. The quantitative estimate of drug-likeness (QED) is 0.301. The Morgan fingerprint density at radius 1 is 0.667 bits per heavy atom. The van der Waals surface area contributed by atoms with Gasteiger partial charge in [0.25, 0.3) is 0 Å². The molecule has 0 aliphatic heterocycles. The zero-order valence-corrected chi connectivity index (χ0v) is 19.0. The van der Waals surface area contributed by atoms with E-state index >= 15 is 0 Å². The molecule has 1 rings (SSSR count). The van der Waals surface area contributed by atoms with Crippen LogP contribution in [-0.2, 0) is 25.4 Å². The topological polar surface area (TPSA) is 66.4 Å². The molecular formula is C24H42O6. The molecule has 0 saturated heterocycles. The molecule has 0 saturated carbocycles. The van der Waals surface area contributed by atoms with Crippen LogP contribution >= 0.6 is 0 Å². The van der Waals surface area contributed by atoms with Gasteiger partial charge >= 0.3 is 0 Å². The summed E-state index contributed by atoms with van der Waals surface area (Å²) in [5.41, 5.74) is 1.38. The first-order valence-electron chi connectivity index (χ1n) is 11.4. The number of aliphatic hydroxyl groups is 1. The summed E-state index contributed by atoms with van der Waals surface area (Å²) in [7, 11) is 0. The molecule has 0 radical (unpaired) electrons. The Balaban J connectivity index is 1.88. The first-order chi connectivity index (χ1) is 14.7. The third kappa shape index (κ3) is 16.6. The molecule has 1 aromatic rings. The fourth-order valence-electron chi connectivity index (χ4n) is 2.86. The van der Waals surface area contributed by atoms with E-state index < -0.39 is 0 Å². The largest absolute Gasteiger partial charge is 0.491 e. The second-order valence-electron chi connectivity index (χ2n) is 7.66. The standard InChI is InChI=1S/C24H42O6/c1-22(2)6-4-3-5-7-23-8-10-24(11-9-23)30-21-20-29-19-18-28-17-16-27-15-14-26-13-12-25/h8-11,22,25H,3-7,12-21H2,1-2H3. The number of rotatable bonds is 21. The van der Waals surface area contributed by atoms with Gasteiger partial charge < -0.3 is 28.8 Å². The molecule has 1 aromatic carbocycles. The summed E-state index contributed by atoms with van der Waals surface area (Å²) in [4.78, 5) is 0. The van der Waals surface area contributed by atoms with Crippen LogP contribution in [0.25, 0.3) is 0 Å². The van der Waals surface area contributed by atoms with Crippen LogP contribution in [0.1, 0.15) is 45.1 Å². The van der Waals surface area contributed by atoms with Gasteiger partial charge in [-0.3, -0.25) is 0 Å². The monoisotopic (exact) mass is 426 g/mol. The van der Waals surface area contributed by atoms with Crippen molar-refractivity contribution in [1.82, 2.24) is 0 Å². The van der Waals surface area contributed by atoms with E-state index in [2.05, 4.69) is 26.0 Å². The van der Waals surface area contributed by atoms with E-state index in [-0.39, 0.29) is 6.61 Å². The highest BCUT2D eigenvalue weighted by Crippen LogP contribution is 2.15. The molecule has 0 aromatic heterocycles. The van der Waals surface area contributed by atoms with Crippen molar-refractivity contribution in [3.05, 3.63) is 29.8 Å². The van der Waals surface area contributed by atoms with Gasteiger partial charge in [-0.15, -0.1) is 0 Å². The Bertz CT molecular complexity index is 477. The van der Waals surface area contributed by atoms with Gasteiger partial charge in [-0.05, 0) is 36.5 Å². The van der Waals surface area contributed by atoms with Crippen LogP contribution in [0.4, 0.5) is 0 Å². The van der Waals surface area contributed by atoms with Crippen LogP contribution in [0.2, 0.25) is 0 Å². The van der Waals surface area contributed by atoms with Gasteiger partial charge in [-0.25, -0.2) is 0 Å². The summed E-state index contributed by atoms with van der Waals surface area (Å²) in [5, 5.41) is 8.56. The van der Waals surface area contributed by atoms with E-state index in [1.807, 2.05) is 12.1 Å². The first kappa shape index (κ1) is 26.9. The van der Waals surface area contributed by atoms with Crippen LogP contribution in [0.15, 0.2) is 24.3 Å². The van der Waals surface area contributed by atoms with Crippen molar-refractivity contribution < 1.29 is 28.8 Å². The van der Waals surface area contributed by atoms with Crippen molar-refractivity contribution in [3.8, 4) is 5.75 Å². The number of hydrogen-bond acceptors (Lipinski definition) is 6. The summed E-state index contributed by atoms with van der Waals surface area (Å²) in [6.45, 7) is 9.18. The highest BCUT2D eigenvalue weighted by molar-refractivity contribution is 5.27.